The van der Waals surface area contributed by atoms with Gasteiger partial charge < -0.3 is 10.6 Å². The molecule has 1 saturated heterocycles. The number of aromatic nitrogens is 1. The number of nitrogens with zero attached hydrogens (tertiary/aromatic N) is 3. The fourth-order valence-electron chi connectivity index (χ4n) is 3.62. The van der Waals surface area contributed by atoms with Gasteiger partial charge in [-0.3, -0.25) is 14.9 Å². The summed E-state index contributed by atoms with van der Waals surface area (Å²) in [5.74, 6) is 1.44. The van der Waals surface area contributed by atoms with Crippen LogP contribution in [0, 0.1) is 12.8 Å². The van der Waals surface area contributed by atoms with Crippen molar-refractivity contribution in [1.29, 1.82) is 0 Å². The van der Waals surface area contributed by atoms with Gasteiger partial charge in [0.25, 0.3) is 0 Å². The molecule has 1 aliphatic heterocycles. The maximum atomic E-state index is 4.37. The highest BCUT2D eigenvalue weighted by molar-refractivity contribution is 14.0. The second-order valence-corrected chi connectivity index (χ2v) is 7.94. The zero-order chi connectivity index (χ0) is 18.4. The molecule has 2 atom stereocenters. The Kier molecular flexibility index (Phi) is 8.98. The van der Waals surface area contributed by atoms with Crippen LogP contribution in [-0.2, 0) is 6.54 Å². The number of likely N-dealkylation sites (tertiary alicyclic amines) is 1. The van der Waals surface area contributed by atoms with E-state index in [2.05, 4.69) is 56.1 Å². The second kappa shape index (κ2) is 11.0. The van der Waals surface area contributed by atoms with Crippen molar-refractivity contribution in [2.24, 2.45) is 10.9 Å². The van der Waals surface area contributed by atoms with Crippen LogP contribution in [0.15, 0.2) is 40.8 Å². The summed E-state index contributed by atoms with van der Waals surface area (Å²) in [5.41, 5.74) is 2.20. The Morgan fingerprint density at radius 2 is 2.19 bits per heavy atom. The third-order valence-electron chi connectivity index (χ3n) is 5.03. The van der Waals surface area contributed by atoms with E-state index in [0.29, 0.717) is 12.0 Å². The number of hydrogen-bond donors (Lipinski definition) is 2. The summed E-state index contributed by atoms with van der Waals surface area (Å²) in [4.78, 5) is 12.7. The van der Waals surface area contributed by atoms with E-state index in [9.17, 15) is 0 Å². The average Bonchev–Trinajstić information content (AvgIpc) is 3.17. The number of piperidine rings is 1. The zero-order valence-corrected chi connectivity index (χ0v) is 19.5. The molecule has 0 aliphatic carbocycles. The van der Waals surface area contributed by atoms with Gasteiger partial charge in [0.15, 0.2) is 5.96 Å². The number of aryl methyl sites for hydroxylation is 1. The zero-order valence-electron chi connectivity index (χ0n) is 16.3. The molecule has 0 radical (unpaired) electrons. The maximum Gasteiger partial charge on any atom is 0.191 e. The molecule has 3 heterocycles. The van der Waals surface area contributed by atoms with Crippen molar-refractivity contribution in [2.75, 3.05) is 27.2 Å². The normalized spacial score (nSPS) is 20.8. The minimum Gasteiger partial charge on any atom is -0.356 e. The average molecular weight is 499 g/mol. The quantitative estimate of drug-likeness (QED) is 0.373. The summed E-state index contributed by atoms with van der Waals surface area (Å²) in [7, 11) is 4.07. The minimum atomic E-state index is 0. The summed E-state index contributed by atoms with van der Waals surface area (Å²) >= 11 is 1.86. The smallest absolute Gasteiger partial charge is 0.191 e. The van der Waals surface area contributed by atoms with Gasteiger partial charge in [0.1, 0.15) is 0 Å². The summed E-state index contributed by atoms with van der Waals surface area (Å²) in [6.07, 6.45) is 4.42. The highest BCUT2D eigenvalue weighted by atomic mass is 127. The van der Waals surface area contributed by atoms with Crippen LogP contribution in [0.25, 0.3) is 0 Å². The number of guanidine groups is 1. The van der Waals surface area contributed by atoms with Gasteiger partial charge in [-0.25, -0.2) is 0 Å². The van der Waals surface area contributed by atoms with Gasteiger partial charge in [-0.1, -0.05) is 12.1 Å². The van der Waals surface area contributed by atoms with Crippen LogP contribution in [0.3, 0.4) is 0 Å². The van der Waals surface area contributed by atoms with Crippen molar-refractivity contribution >= 4 is 41.3 Å². The Labute approximate surface area is 183 Å². The van der Waals surface area contributed by atoms with Crippen LogP contribution < -0.4 is 10.6 Å². The van der Waals surface area contributed by atoms with Crippen molar-refractivity contribution in [3.05, 3.63) is 52.0 Å². The van der Waals surface area contributed by atoms with Gasteiger partial charge in [0, 0.05) is 42.9 Å². The van der Waals surface area contributed by atoms with E-state index in [1.807, 2.05) is 37.6 Å². The molecule has 2 aromatic rings. The molecule has 0 amide bonds. The molecule has 2 unspecified atom stereocenters. The number of thiophene rings is 1. The lowest BCUT2D eigenvalue weighted by molar-refractivity contribution is 0.125. The van der Waals surface area contributed by atoms with Crippen LogP contribution in [-0.4, -0.2) is 43.0 Å². The molecule has 3 rings (SSSR count). The Hall–Kier alpha value is -1.19. The van der Waals surface area contributed by atoms with E-state index >= 15 is 0 Å². The van der Waals surface area contributed by atoms with Crippen LogP contribution in [0.2, 0.25) is 0 Å². The van der Waals surface area contributed by atoms with E-state index in [1.165, 1.54) is 24.3 Å². The van der Waals surface area contributed by atoms with Crippen LogP contribution in [0.1, 0.15) is 35.0 Å². The van der Waals surface area contributed by atoms with E-state index < -0.39 is 0 Å². The molecule has 5 nitrogen and oxygen atoms in total. The third kappa shape index (κ3) is 6.15. The van der Waals surface area contributed by atoms with Gasteiger partial charge in [-0.05, 0) is 62.4 Å². The summed E-state index contributed by atoms with van der Waals surface area (Å²) in [6.45, 7) is 4.83. The molecule has 1 aliphatic rings. The fourth-order valence-corrected chi connectivity index (χ4v) is 4.60. The van der Waals surface area contributed by atoms with E-state index in [1.54, 1.807) is 0 Å². The standard InChI is InChI=1S/C20H29N5S.HI/c1-15-8-9-16(12-22-15)13-23-20(21-2)24-14-17-6-4-10-25(3)19(17)18-7-5-11-26-18;/h5,7-9,11-12,17,19H,4,6,10,13-14H2,1-3H3,(H2,21,23,24);1H. The number of halogens is 1. The minimum absolute atomic E-state index is 0. The monoisotopic (exact) mass is 499 g/mol. The first kappa shape index (κ1) is 22.1. The Morgan fingerprint density at radius 1 is 1.33 bits per heavy atom. The van der Waals surface area contributed by atoms with E-state index in [4.69, 9.17) is 0 Å². The van der Waals surface area contributed by atoms with Crippen molar-refractivity contribution in [3.8, 4) is 0 Å². The third-order valence-corrected chi connectivity index (χ3v) is 5.97. The van der Waals surface area contributed by atoms with Gasteiger partial charge >= 0.3 is 0 Å². The van der Waals surface area contributed by atoms with Crippen LogP contribution >= 0.6 is 35.3 Å². The molecular formula is C20H30IN5S. The number of aliphatic imine (C=N–C) groups is 1. The lowest BCUT2D eigenvalue weighted by atomic mass is 9.88. The second-order valence-electron chi connectivity index (χ2n) is 6.96. The number of nitrogens with one attached hydrogen (secondary N) is 2. The lowest BCUT2D eigenvalue weighted by Crippen LogP contribution is -2.44. The van der Waals surface area contributed by atoms with Gasteiger partial charge in [-0.15, -0.1) is 35.3 Å². The fraction of sp³-hybridized carbons (Fsp3) is 0.500. The molecule has 0 spiro atoms. The number of rotatable bonds is 5. The molecule has 148 valence electrons. The maximum absolute atomic E-state index is 4.37. The molecular weight excluding hydrogens is 469 g/mol. The molecule has 1 fully saturated rings. The molecule has 2 aromatic heterocycles. The van der Waals surface area contributed by atoms with Crippen LogP contribution in [0.4, 0.5) is 0 Å². The van der Waals surface area contributed by atoms with E-state index in [0.717, 1.165) is 30.3 Å². The summed E-state index contributed by atoms with van der Waals surface area (Å²) in [6, 6.07) is 9.06. The SMILES string of the molecule is CN=C(NCc1ccc(C)nc1)NCC1CCCN(C)C1c1cccs1.I. The van der Waals surface area contributed by atoms with Crippen molar-refractivity contribution in [3.63, 3.8) is 0 Å². The molecule has 0 bridgehead atoms. The van der Waals surface area contributed by atoms with Gasteiger partial charge in [0.2, 0.25) is 0 Å². The van der Waals surface area contributed by atoms with Crippen molar-refractivity contribution in [2.45, 2.75) is 32.4 Å². The first-order valence-corrected chi connectivity index (χ1v) is 10.1. The summed E-state index contributed by atoms with van der Waals surface area (Å²) in [5, 5.41) is 9.10. The topological polar surface area (TPSA) is 52.6 Å². The predicted octanol–water partition coefficient (Wildman–Crippen LogP) is 3.82. The van der Waals surface area contributed by atoms with Gasteiger partial charge in [0.05, 0.1) is 0 Å². The molecule has 27 heavy (non-hydrogen) atoms. The Balaban J connectivity index is 0.00000261. The molecule has 2 N–H and O–H groups in total. The number of pyridine rings is 1. The molecule has 0 saturated carbocycles. The first-order valence-electron chi connectivity index (χ1n) is 9.27. The Bertz CT molecular complexity index is 702. The summed E-state index contributed by atoms with van der Waals surface area (Å²) < 4.78 is 0. The first-order chi connectivity index (χ1) is 12.7. The number of hydrogen-bond acceptors (Lipinski definition) is 4. The largest absolute Gasteiger partial charge is 0.356 e. The highest BCUT2D eigenvalue weighted by Crippen LogP contribution is 2.36. The van der Waals surface area contributed by atoms with Gasteiger partial charge in [-0.2, -0.15) is 0 Å². The lowest BCUT2D eigenvalue weighted by Gasteiger charge is -2.39. The molecule has 7 heteroatoms. The Morgan fingerprint density at radius 3 is 2.85 bits per heavy atom. The highest BCUT2D eigenvalue weighted by Gasteiger charge is 2.31. The molecule has 0 aromatic carbocycles. The van der Waals surface area contributed by atoms with E-state index in [-0.39, 0.29) is 24.0 Å². The van der Waals surface area contributed by atoms with Crippen LogP contribution in [0.5, 0.6) is 0 Å². The van der Waals surface area contributed by atoms with Crippen molar-refractivity contribution in [1.82, 2.24) is 20.5 Å². The van der Waals surface area contributed by atoms with Crippen molar-refractivity contribution < 1.29 is 0 Å². The predicted molar refractivity (Wildman–Crippen MR) is 125 cm³/mol.